The summed E-state index contributed by atoms with van der Waals surface area (Å²) in [5, 5.41) is 19.7. The number of nitrogens with one attached hydrogen (secondary N) is 1. The molecule has 25 heavy (non-hydrogen) atoms. The number of fused-ring (bicyclic) bond motifs is 1. The normalized spacial score (nSPS) is 23.4. The Balaban J connectivity index is 1.92. The van der Waals surface area contributed by atoms with Gasteiger partial charge in [0, 0.05) is 18.2 Å². The number of hydrogen-bond donors (Lipinski definition) is 4. The van der Waals surface area contributed by atoms with E-state index in [-0.39, 0.29) is 24.5 Å². The van der Waals surface area contributed by atoms with Crippen LogP contribution >= 0.6 is 0 Å². The number of ether oxygens (including phenoxy) is 1. The Labute approximate surface area is 142 Å². The highest BCUT2D eigenvalue weighted by molar-refractivity contribution is 5.93. The Morgan fingerprint density at radius 3 is 2.80 bits per heavy atom. The third-order valence-electron chi connectivity index (χ3n) is 4.48. The van der Waals surface area contributed by atoms with Gasteiger partial charge >= 0.3 is 0 Å². The van der Waals surface area contributed by atoms with E-state index in [4.69, 9.17) is 10.5 Å². The quantitative estimate of drug-likeness (QED) is 0.552. The molecular formula is C17H18N4O4. The lowest BCUT2D eigenvalue weighted by Crippen LogP contribution is -2.24. The molecule has 0 bridgehead atoms. The number of nitrogen functional groups attached to an aromatic ring is 1. The van der Waals surface area contributed by atoms with Gasteiger partial charge in [0.15, 0.2) is 5.65 Å². The van der Waals surface area contributed by atoms with Crippen molar-refractivity contribution in [2.24, 2.45) is 0 Å². The van der Waals surface area contributed by atoms with Crippen molar-refractivity contribution in [1.29, 1.82) is 0 Å². The molecule has 130 valence electrons. The van der Waals surface area contributed by atoms with Gasteiger partial charge in [-0.05, 0) is 5.56 Å². The van der Waals surface area contributed by atoms with Crippen molar-refractivity contribution >= 4 is 17.0 Å². The second-order valence-corrected chi connectivity index (χ2v) is 6.08. The van der Waals surface area contributed by atoms with E-state index >= 15 is 0 Å². The van der Waals surface area contributed by atoms with Crippen LogP contribution in [0.15, 0.2) is 41.3 Å². The Morgan fingerprint density at radius 1 is 1.36 bits per heavy atom. The zero-order valence-electron chi connectivity index (χ0n) is 13.3. The maximum absolute atomic E-state index is 12.5. The number of aliphatic hydroxyl groups is 2. The molecule has 0 radical (unpaired) electrons. The first-order valence-corrected chi connectivity index (χ1v) is 7.98. The molecule has 1 aromatic carbocycles. The van der Waals surface area contributed by atoms with Crippen LogP contribution in [-0.2, 0) is 4.74 Å². The number of benzene rings is 1. The van der Waals surface area contributed by atoms with E-state index in [1.807, 2.05) is 30.3 Å². The Morgan fingerprint density at radius 2 is 2.12 bits per heavy atom. The van der Waals surface area contributed by atoms with E-state index in [1.54, 1.807) is 10.8 Å². The van der Waals surface area contributed by atoms with Crippen molar-refractivity contribution in [2.75, 3.05) is 12.3 Å². The van der Waals surface area contributed by atoms with E-state index in [9.17, 15) is 15.0 Å². The van der Waals surface area contributed by atoms with Crippen LogP contribution in [0.1, 0.15) is 12.6 Å². The van der Waals surface area contributed by atoms with Crippen LogP contribution in [0.25, 0.3) is 22.2 Å². The first-order chi connectivity index (χ1) is 12.1. The lowest BCUT2D eigenvalue weighted by Gasteiger charge is -2.14. The Bertz CT molecular complexity index is 966. The standard InChI is InChI=1S/C17H18N4O4/c18-17-19-15-14(16(24)20-17)10(9-4-2-1-3-5-9)7-21(15)13-6-11(23)12(8-22)25-13/h1-5,7,11-13,22-23H,6,8H2,(H3,18,19,20,24)/t11-,12+,13+/m0/s1. The molecule has 0 saturated carbocycles. The topological polar surface area (TPSA) is 126 Å². The van der Waals surface area contributed by atoms with Crippen LogP contribution < -0.4 is 11.3 Å². The van der Waals surface area contributed by atoms with Gasteiger partial charge < -0.3 is 25.3 Å². The number of aromatic nitrogens is 3. The highest BCUT2D eigenvalue weighted by atomic mass is 16.5. The molecule has 0 aliphatic carbocycles. The van der Waals surface area contributed by atoms with Gasteiger partial charge in [0.1, 0.15) is 12.3 Å². The molecule has 2 aromatic heterocycles. The molecule has 1 saturated heterocycles. The summed E-state index contributed by atoms with van der Waals surface area (Å²) < 4.78 is 7.41. The Kier molecular flexibility index (Phi) is 3.79. The molecule has 8 nitrogen and oxygen atoms in total. The lowest BCUT2D eigenvalue weighted by molar-refractivity contribution is -0.0430. The Hall–Kier alpha value is -2.68. The predicted octanol–water partition coefficient (Wildman–Crippen LogP) is 0.614. The number of nitrogens with zero attached hydrogens (tertiary/aromatic N) is 2. The van der Waals surface area contributed by atoms with Crippen molar-refractivity contribution < 1.29 is 14.9 Å². The monoisotopic (exact) mass is 342 g/mol. The first kappa shape index (κ1) is 15.8. The third-order valence-corrected chi connectivity index (χ3v) is 4.48. The van der Waals surface area contributed by atoms with Crippen LogP contribution in [0.3, 0.4) is 0 Å². The van der Waals surface area contributed by atoms with Crippen LogP contribution in [0.4, 0.5) is 5.95 Å². The van der Waals surface area contributed by atoms with E-state index in [2.05, 4.69) is 9.97 Å². The number of rotatable bonds is 3. The minimum absolute atomic E-state index is 0.00807. The van der Waals surface area contributed by atoms with E-state index in [0.29, 0.717) is 16.6 Å². The van der Waals surface area contributed by atoms with Crippen LogP contribution in [0, 0.1) is 0 Å². The summed E-state index contributed by atoms with van der Waals surface area (Å²) in [5.41, 5.74) is 7.33. The van der Waals surface area contributed by atoms with Crippen molar-refractivity contribution in [1.82, 2.24) is 14.5 Å². The van der Waals surface area contributed by atoms with Crippen LogP contribution in [0.2, 0.25) is 0 Å². The molecule has 3 atom stereocenters. The number of nitrogens with two attached hydrogens (primary N) is 1. The number of aliphatic hydroxyl groups excluding tert-OH is 2. The van der Waals surface area contributed by atoms with Gasteiger partial charge in [0.2, 0.25) is 5.95 Å². The molecule has 0 spiro atoms. The molecule has 1 aliphatic rings. The fourth-order valence-corrected chi connectivity index (χ4v) is 3.28. The summed E-state index contributed by atoms with van der Waals surface area (Å²) in [6, 6.07) is 9.46. The lowest BCUT2D eigenvalue weighted by atomic mass is 10.1. The SMILES string of the molecule is Nc1nc2c(c(-c3ccccc3)cn2[C@H]2C[C@H](O)[C@@H](CO)O2)c(=O)[nH]1. The van der Waals surface area contributed by atoms with Gasteiger partial charge in [0.25, 0.3) is 5.56 Å². The summed E-state index contributed by atoms with van der Waals surface area (Å²) in [7, 11) is 0. The van der Waals surface area contributed by atoms with Crippen LogP contribution in [0.5, 0.6) is 0 Å². The number of H-pyrrole nitrogens is 1. The molecule has 1 aliphatic heterocycles. The summed E-state index contributed by atoms with van der Waals surface area (Å²) in [6.45, 7) is -0.279. The van der Waals surface area contributed by atoms with Gasteiger partial charge in [0.05, 0.1) is 18.1 Å². The molecule has 0 amide bonds. The zero-order valence-corrected chi connectivity index (χ0v) is 13.3. The molecule has 8 heteroatoms. The maximum Gasteiger partial charge on any atom is 0.262 e. The van der Waals surface area contributed by atoms with Gasteiger partial charge in [-0.2, -0.15) is 4.98 Å². The highest BCUT2D eigenvalue weighted by Gasteiger charge is 2.35. The molecule has 3 heterocycles. The van der Waals surface area contributed by atoms with E-state index < -0.39 is 18.4 Å². The van der Waals surface area contributed by atoms with Crippen LogP contribution in [-0.4, -0.2) is 43.6 Å². The minimum atomic E-state index is -0.785. The average molecular weight is 342 g/mol. The highest BCUT2D eigenvalue weighted by Crippen LogP contribution is 2.35. The van der Waals surface area contributed by atoms with E-state index in [1.165, 1.54) is 0 Å². The largest absolute Gasteiger partial charge is 0.394 e. The van der Waals surface area contributed by atoms with Gasteiger partial charge in [-0.25, -0.2) is 0 Å². The molecule has 1 fully saturated rings. The number of aromatic amines is 1. The fourth-order valence-electron chi connectivity index (χ4n) is 3.28. The summed E-state index contributed by atoms with van der Waals surface area (Å²) in [5.74, 6) is 0.00807. The van der Waals surface area contributed by atoms with E-state index in [0.717, 1.165) is 5.56 Å². The van der Waals surface area contributed by atoms with Crippen molar-refractivity contribution in [3.05, 3.63) is 46.9 Å². The third kappa shape index (κ3) is 2.60. The van der Waals surface area contributed by atoms with Gasteiger partial charge in [-0.1, -0.05) is 30.3 Å². The predicted molar refractivity (Wildman–Crippen MR) is 91.8 cm³/mol. The molecule has 5 N–H and O–H groups in total. The maximum atomic E-state index is 12.5. The van der Waals surface area contributed by atoms with Crippen molar-refractivity contribution in [2.45, 2.75) is 24.9 Å². The molecule has 0 unspecified atom stereocenters. The minimum Gasteiger partial charge on any atom is -0.394 e. The number of hydrogen-bond acceptors (Lipinski definition) is 6. The molecule has 4 rings (SSSR count). The first-order valence-electron chi connectivity index (χ1n) is 7.98. The fraction of sp³-hybridized carbons (Fsp3) is 0.294. The average Bonchev–Trinajstić information content (AvgIpc) is 3.16. The smallest absolute Gasteiger partial charge is 0.262 e. The van der Waals surface area contributed by atoms with Crippen molar-refractivity contribution in [3.8, 4) is 11.1 Å². The van der Waals surface area contributed by atoms with Gasteiger partial charge in [-0.3, -0.25) is 9.78 Å². The molecule has 3 aromatic rings. The second kappa shape index (κ2) is 5.99. The summed E-state index contributed by atoms with van der Waals surface area (Å²) in [4.78, 5) is 19.3. The van der Waals surface area contributed by atoms with Gasteiger partial charge in [-0.15, -0.1) is 0 Å². The van der Waals surface area contributed by atoms with Crippen molar-refractivity contribution in [3.63, 3.8) is 0 Å². The second-order valence-electron chi connectivity index (χ2n) is 6.08. The number of anilines is 1. The summed E-state index contributed by atoms with van der Waals surface area (Å²) >= 11 is 0. The zero-order chi connectivity index (χ0) is 17.6. The summed E-state index contributed by atoms with van der Waals surface area (Å²) in [6.07, 6.45) is 0.0749. The molecular weight excluding hydrogens is 324 g/mol.